The van der Waals surface area contributed by atoms with E-state index in [-0.39, 0.29) is 11.8 Å². The second kappa shape index (κ2) is 16.7. The van der Waals surface area contributed by atoms with Gasteiger partial charge in [0.2, 0.25) is 0 Å². The Morgan fingerprint density at radius 1 is 0.630 bits per heavy atom. The zero-order valence-corrected chi connectivity index (χ0v) is 31.5. The number of hydrogen-bond donors (Lipinski definition) is 1. The Morgan fingerprint density at radius 3 is 1.76 bits per heavy atom. The zero-order valence-electron chi connectivity index (χ0n) is 31.5. The van der Waals surface area contributed by atoms with Crippen LogP contribution >= 0.6 is 0 Å². The molecule has 0 bridgehead atoms. The quantitative estimate of drug-likeness (QED) is 0.131. The lowest BCUT2D eigenvalue weighted by Crippen LogP contribution is -2.45. The first-order chi connectivity index (χ1) is 26.2. The lowest BCUT2D eigenvalue weighted by Gasteiger charge is -2.35. The first-order valence-electron chi connectivity index (χ1n) is 18.9. The van der Waals surface area contributed by atoms with Crippen molar-refractivity contribution in [3.63, 3.8) is 0 Å². The maximum Gasteiger partial charge on any atom is 0.335 e. The molecule has 2 aliphatic heterocycles. The maximum absolute atomic E-state index is 14.4. The van der Waals surface area contributed by atoms with Crippen LogP contribution in [-0.4, -0.2) is 57.9 Å². The van der Waals surface area contributed by atoms with Crippen molar-refractivity contribution in [2.45, 2.75) is 66.1 Å². The van der Waals surface area contributed by atoms with E-state index in [4.69, 9.17) is 9.47 Å². The molecule has 5 aromatic rings. The zero-order chi connectivity index (χ0) is 37.6. The summed E-state index contributed by atoms with van der Waals surface area (Å²) in [5, 5.41) is 9.36. The SMILES string of the molecule is Cc1cc(CN2CCN(Cc3ccc4c(c3)CN(C(=O)c3cc(C(C)C)c(OCc5ccccc5)cc3OCc3ccccc3)C4)CC2)ccc1C(=O)O. The number of fused-ring (bicyclic) bond motifs is 1. The Kier molecular flexibility index (Phi) is 11.4. The first kappa shape index (κ1) is 36.9. The smallest absolute Gasteiger partial charge is 0.335 e. The van der Waals surface area contributed by atoms with Crippen molar-refractivity contribution in [3.05, 3.63) is 165 Å². The summed E-state index contributed by atoms with van der Waals surface area (Å²) in [7, 11) is 0. The van der Waals surface area contributed by atoms with Crippen LogP contribution in [-0.2, 0) is 39.4 Å². The molecule has 0 unspecified atom stereocenters. The Morgan fingerprint density at radius 2 is 1.19 bits per heavy atom. The Balaban J connectivity index is 1.02. The summed E-state index contributed by atoms with van der Waals surface area (Å²) in [5.41, 5.74) is 9.58. The highest BCUT2D eigenvalue weighted by Gasteiger charge is 2.29. The van der Waals surface area contributed by atoms with Crippen molar-refractivity contribution < 1.29 is 24.2 Å². The molecule has 1 amide bonds. The number of piperazine rings is 1. The second-order valence-corrected chi connectivity index (χ2v) is 14.9. The molecule has 0 atom stereocenters. The number of carboxylic acid groups (broad SMARTS) is 1. The van der Waals surface area contributed by atoms with Crippen LogP contribution in [0.15, 0.2) is 109 Å². The fourth-order valence-corrected chi connectivity index (χ4v) is 7.46. The number of amides is 1. The van der Waals surface area contributed by atoms with Gasteiger partial charge in [-0.3, -0.25) is 14.6 Å². The molecule has 0 aliphatic carbocycles. The van der Waals surface area contributed by atoms with Crippen LogP contribution in [0.3, 0.4) is 0 Å². The van der Waals surface area contributed by atoms with Gasteiger partial charge in [0, 0.05) is 58.4 Å². The number of aryl methyl sites for hydroxylation is 1. The normalized spacial score (nSPS) is 14.6. The molecular formula is C46H49N3O5. The van der Waals surface area contributed by atoms with Gasteiger partial charge in [-0.25, -0.2) is 4.79 Å². The Bertz CT molecular complexity index is 2090. The molecule has 1 saturated heterocycles. The summed E-state index contributed by atoms with van der Waals surface area (Å²) < 4.78 is 12.8. The molecule has 7 rings (SSSR count). The summed E-state index contributed by atoms with van der Waals surface area (Å²) in [6.45, 7) is 13.5. The average molecular weight is 724 g/mol. The van der Waals surface area contributed by atoms with Crippen LogP contribution < -0.4 is 9.47 Å². The highest BCUT2D eigenvalue weighted by molar-refractivity contribution is 5.98. The van der Waals surface area contributed by atoms with Crippen LogP contribution in [0.1, 0.15) is 85.0 Å². The van der Waals surface area contributed by atoms with Gasteiger partial charge in [0.1, 0.15) is 24.7 Å². The van der Waals surface area contributed by atoms with Gasteiger partial charge in [0.25, 0.3) is 5.91 Å². The van der Waals surface area contributed by atoms with E-state index in [1.165, 1.54) is 16.7 Å². The van der Waals surface area contributed by atoms with E-state index in [2.05, 4.69) is 41.8 Å². The van der Waals surface area contributed by atoms with Crippen molar-refractivity contribution >= 4 is 11.9 Å². The number of benzene rings is 5. The predicted molar refractivity (Wildman–Crippen MR) is 211 cm³/mol. The lowest BCUT2D eigenvalue weighted by molar-refractivity contribution is 0.0694. The largest absolute Gasteiger partial charge is 0.488 e. The second-order valence-electron chi connectivity index (χ2n) is 14.9. The molecule has 0 saturated carbocycles. The molecule has 0 spiro atoms. The standard InChI is InChI=1S/C46H49N3O5/c1-32(2)41-24-42(44(54-31-35-12-8-5-9-13-35)25-43(41)53-30-34-10-6-4-7-11-34)45(50)49-28-38-16-14-37(23-39(38)29-49)27-48-20-18-47(19-21-48)26-36-15-17-40(46(51)52)33(3)22-36/h4-17,22-25,32H,18-21,26-31H2,1-3H3,(H,51,52). The number of carboxylic acids is 1. The molecule has 0 radical (unpaired) electrons. The summed E-state index contributed by atoms with van der Waals surface area (Å²) in [5.74, 6) is 0.469. The number of rotatable bonds is 13. The number of ether oxygens (including phenoxy) is 2. The van der Waals surface area contributed by atoms with Gasteiger partial charge in [-0.1, -0.05) is 105 Å². The fourth-order valence-electron chi connectivity index (χ4n) is 7.46. The van der Waals surface area contributed by atoms with Gasteiger partial charge in [-0.2, -0.15) is 0 Å². The van der Waals surface area contributed by atoms with Gasteiger partial charge in [-0.15, -0.1) is 0 Å². The number of hydrogen-bond acceptors (Lipinski definition) is 6. The van der Waals surface area contributed by atoms with Crippen molar-refractivity contribution in [1.82, 2.24) is 14.7 Å². The number of carbonyl (C=O) groups is 2. The molecule has 2 aliphatic rings. The summed E-state index contributed by atoms with van der Waals surface area (Å²) in [6, 6.07) is 36.3. The van der Waals surface area contributed by atoms with E-state index in [0.717, 1.165) is 72.8 Å². The van der Waals surface area contributed by atoms with Crippen molar-refractivity contribution in [2.75, 3.05) is 26.2 Å². The third kappa shape index (κ3) is 8.84. The van der Waals surface area contributed by atoms with Crippen LogP contribution in [0, 0.1) is 6.92 Å². The van der Waals surface area contributed by atoms with E-state index in [1.54, 1.807) is 6.07 Å². The van der Waals surface area contributed by atoms with Crippen LogP contribution in [0.5, 0.6) is 11.5 Å². The molecule has 278 valence electrons. The van der Waals surface area contributed by atoms with E-state index in [1.807, 2.05) is 96.8 Å². The number of aromatic carboxylic acids is 1. The third-order valence-corrected chi connectivity index (χ3v) is 10.5. The molecule has 8 heteroatoms. The van der Waals surface area contributed by atoms with E-state index in [0.29, 0.717) is 43.2 Å². The minimum absolute atomic E-state index is 0.0452. The van der Waals surface area contributed by atoms with Gasteiger partial charge < -0.3 is 19.5 Å². The molecule has 2 heterocycles. The van der Waals surface area contributed by atoms with Crippen LogP contribution in [0.2, 0.25) is 0 Å². The monoisotopic (exact) mass is 723 g/mol. The molecule has 1 fully saturated rings. The molecule has 0 aromatic heterocycles. The van der Waals surface area contributed by atoms with Gasteiger partial charge in [0.15, 0.2) is 0 Å². The molecule has 5 aromatic carbocycles. The maximum atomic E-state index is 14.4. The molecular weight excluding hydrogens is 675 g/mol. The van der Waals surface area contributed by atoms with Crippen LogP contribution in [0.4, 0.5) is 0 Å². The van der Waals surface area contributed by atoms with Crippen molar-refractivity contribution in [2.24, 2.45) is 0 Å². The third-order valence-electron chi connectivity index (χ3n) is 10.5. The van der Waals surface area contributed by atoms with Crippen molar-refractivity contribution in [1.29, 1.82) is 0 Å². The summed E-state index contributed by atoms with van der Waals surface area (Å²) in [6.07, 6.45) is 0. The highest BCUT2D eigenvalue weighted by Crippen LogP contribution is 2.37. The Labute approximate surface area is 318 Å². The van der Waals surface area contributed by atoms with Gasteiger partial charge in [-0.05, 0) is 69.5 Å². The topological polar surface area (TPSA) is 82.5 Å². The van der Waals surface area contributed by atoms with Gasteiger partial charge >= 0.3 is 5.97 Å². The lowest BCUT2D eigenvalue weighted by atomic mass is 9.98. The van der Waals surface area contributed by atoms with E-state index in [9.17, 15) is 14.7 Å². The fraction of sp³-hybridized carbons (Fsp3) is 0.304. The average Bonchev–Trinajstić information content (AvgIpc) is 3.61. The predicted octanol–water partition coefficient (Wildman–Crippen LogP) is 8.45. The molecule has 1 N–H and O–H groups in total. The minimum Gasteiger partial charge on any atom is -0.488 e. The minimum atomic E-state index is -0.882. The highest BCUT2D eigenvalue weighted by atomic mass is 16.5. The van der Waals surface area contributed by atoms with E-state index < -0.39 is 5.97 Å². The number of nitrogens with zero attached hydrogens (tertiary/aromatic N) is 3. The molecule has 54 heavy (non-hydrogen) atoms. The van der Waals surface area contributed by atoms with E-state index >= 15 is 0 Å². The summed E-state index contributed by atoms with van der Waals surface area (Å²) >= 11 is 0. The van der Waals surface area contributed by atoms with Crippen molar-refractivity contribution in [3.8, 4) is 11.5 Å². The van der Waals surface area contributed by atoms with Crippen LogP contribution in [0.25, 0.3) is 0 Å². The van der Waals surface area contributed by atoms with Gasteiger partial charge in [0.05, 0.1) is 11.1 Å². The molecule has 8 nitrogen and oxygen atoms in total. The first-order valence-corrected chi connectivity index (χ1v) is 18.9. The Hall–Kier alpha value is -5.44. The summed E-state index contributed by atoms with van der Waals surface area (Å²) in [4.78, 5) is 32.7. The number of carbonyl (C=O) groups excluding carboxylic acids is 1.